The molecule has 2 aromatic carbocycles. The van der Waals surface area contributed by atoms with E-state index in [-0.39, 0.29) is 0 Å². The van der Waals surface area contributed by atoms with Gasteiger partial charge in [0.15, 0.2) is 5.82 Å². The van der Waals surface area contributed by atoms with Crippen LogP contribution in [0.3, 0.4) is 0 Å². The van der Waals surface area contributed by atoms with E-state index in [9.17, 15) is 0 Å². The number of anilines is 4. The molecular formula is C18H18ClN5O. The van der Waals surface area contributed by atoms with Crippen LogP contribution in [0.5, 0.6) is 5.75 Å². The summed E-state index contributed by atoms with van der Waals surface area (Å²) in [5.74, 6) is 1.58. The van der Waals surface area contributed by atoms with E-state index in [0.717, 1.165) is 16.9 Å². The van der Waals surface area contributed by atoms with Gasteiger partial charge in [0.1, 0.15) is 5.75 Å². The van der Waals surface area contributed by atoms with Crippen LogP contribution in [0.2, 0.25) is 5.02 Å². The number of aryl methyl sites for hydroxylation is 2. The summed E-state index contributed by atoms with van der Waals surface area (Å²) < 4.78 is 5.14. The van der Waals surface area contributed by atoms with Crippen molar-refractivity contribution in [1.29, 1.82) is 0 Å². The molecular weight excluding hydrogens is 338 g/mol. The third kappa shape index (κ3) is 4.16. The van der Waals surface area contributed by atoms with E-state index in [1.54, 1.807) is 25.4 Å². The van der Waals surface area contributed by atoms with Gasteiger partial charge in [0.2, 0.25) is 5.95 Å². The van der Waals surface area contributed by atoms with Crippen molar-refractivity contribution in [2.45, 2.75) is 13.8 Å². The van der Waals surface area contributed by atoms with Crippen LogP contribution in [0.1, 0.15) is 11.1 Å². The van der Waals surface area contributed by atoms with Gasteiger partial charge in [-0.2, -0.15) is 10.1 Å². The molecule has 0 aliphatic rings. The molecule has 25 heavy (non-hydrogen) atoms. The number of benzene rings is 2. The van der Waals surface area contributed by atoms with Crippen LogP contribution >= 0.6 is 11.6 Å². The van der Waals surface area contributed by atoms with Crippen LogP contribution < -0.4 is 15.4 Å². The zero-order valence-corrected chi connectivity index (χ0v) is 14.9. The molecule has 7 heteroatoms. The second-order valence-corrected chi connectivity index (χ2v) is 5.99. The van der Waals surface area contributed by atoms with Crippen LogP contribution in [-0.2, 0) is 0 Å². The molecule has 0 aliphatic heterocycles. The number of aromatic nitrogens is 3. The summed E-state index contributed by atoms with van der Waals surface area (Å²) in [7, 11) is 1.57. The highest BCUT2D eigenvalue weighted by Gasteiger charge is 2.06. The van der Waals surface area contributed by atoms with Gasteiger partial charge in [-0.15, -0.1) is 5.10 Å². The number of nitrogens with zero attached hydrogens (tertiary/aromatic N) is 3. The highest BCUT2D eigenvalue weighted by atomic mass is 35.5. The Morgan fingerprint density at radius 1 is 1.04 bits per heavy atom. The van der Waals surface area contributed by atoms with Gasteiger partial charge in [-0.1, -0.05) is 29.3 Å². The fraction of sp³-hybridized carbons (Fsp3) is 0.167. The Hall–Kier alpha value is -2.86. The van der Waals surface area contributed by atoms with Gasteiger partial charge in [0, 0.05) is 11.4 Å². The summed E-state index contributed by atoms with van der Waals surface area (Å²) in [5, 5.41) is 14.8. The minimum Gasteiger partial charge on any atom is -0.495 e. The molecule has 0 bridgehead atoms. The van der Waals surface area contributed by atoms with E-state index in [2.05, 4.69) is 38.8 Å². The van der Waals surface area contributed by atoms with Crippen molar-refractivity contribution in [2.75, 3.05) is 17.7 Å². The minimum atomic E-state index is 0.371. The lowest BCUT2D eigenvalue weighted by molar-refractivity contribution is 0.415. The van der Waals surface area contributed by atoms with Crippen LogP contribution in [0.15, 0.2) is 42.6 Å². The van der Waals surface area contributed by atoms with E-state index < -0.39 is 0 Å². The predicted octanol–water partition coefficient (Wildman–Crippen LogP) is 4.64. The molecule has 1 aromatic heterocycles. The SMILES string of the molecule is COc1ccc(Nc2nncc(Nc3ccc(C)cc3C)n2)cc1Cl. The summed E-state index contributed by atoms with van der Waals surface area (Å²) in [6, 6.07) is 11.5. The maximum atomic E-state index is 6.13. The molecule has 3 rings (SSSR count). The minimum absolute atomic E-state index is 0.371. The first-order valence-electron chi connectivity index (χ1n) is 7.70. The molecule has 0 spiro atoms. The van der Waals surface area contributed by atoms with Crippen molar-refractivity contribution in [2.24, 2.45) is 0 Å². The Bertz CT molecular complexity index is 900. The average molecular weight is 356 g/mol. The summed E-state index contributed by atoms with van der Waals surface area (Å²) in [4.78, 5) is 4.43. The zero-order valence-electron chi connectivity index (χ0n) is 14.2. The van der Waals surface area contributed by atoms with Crippen molar-refractivity contribution in [3.63, 3.8) is 0 Å². The number of halogens is 1. The van der Waals surface area contributed by atoms with Crippen molar-refractivity contribution in [3.05, 3.63) is 58.7 Å². The number of methoxy groups -OCH3 is 1. The second kappa shape index (κ2) is 7.36. The van der Waals surface area contributed by atoms with Crippen molar-refractivity contribution in [3.8, 4) is 5.75 Å². The first kappa shape index (κ1) is 17.0. The maximum absolute atomic E-state index is 6.13. The van der Waals surface area contributed by atoms with E-state index in [1.807, 2.05) is 25.1 Å². The molecule has 0 fully saturated rings. The van der Waals surface area contributed by atoms with Crippen molar-refractivity contribution < 1.29 is 4.74 Å². The monoisotopic (exact) mass is 355 g/mol. The highest BCUT2D eigenvalue weighted by molar-refractivity contribution is 6.32. The van der Waals surface area contributed by atoms with Gasteiger partial charge in [-0.05, 0) is 43.7 Å². The summed E-state index contributed by atoms with van der Waals surface area (Å²) >= 11 is 6.13. The Labute approximate surface area is 151 Å². The third-order valence-electron chi connectivity index (χ3n) is 3.61. The first-order chi connectivity index (χ1) is 12.0. The smallest absolute Gasteiger partial charge is 0.249 e. The molecule has 1 heterocycles. The van der Waals surface area contributed by atoms with Crippen molar-refractivity contribution in [1.82, 2.24) is 15.2 Å². The molecule has 0 radical (unpaired) electrons. The summed E-state index contributed by atoms with van der Waals surface area (Å²) in [6.45, 7) is 4.10. The van der Waals surface area contributed by atoms with Crippen LogP contribution in [-0.4, -0.2) is 22.3 Å². The van der Waals surface area contributed by atoms with Gasteiger partial charge in [0.05, 0.1) is 18.3 Å². The van der Waals surface area contributed by atoms with E-state index in [0.29, 0.717) is 22.5 Å². The van der Waals surface area contributed by atoms with Gasteiger partial charge in [-0.25, -0.2) is 0 Å². The third-order valence-corrected chi connectivity index (χ3v) is 3.91. The number of hydrogen-bond donors (Lipinski definition) is 2. The number of nitrogens with one attached hydrogen (secondary N) is 2. The summed E-state index contributed by atoms with van der Waals surface area (Å²) in [6.07, 6.45) is 1.57. The maximum Gasteiger partial charge on any atom is 0.249 e. The van der Waals surface area contributed by atoms with Crippen LogP contribution in [0, 0.1) is 13.8 Å². The topological polar surface area (TPSA) is 72.0 Å². The molecule has 0 amide bonds. The fourth-order valence-corrected chi connectivity index (χ4v) is 2.64. The molecule has 6 nitrogen and oxygen atoms in total. The highest BCUT2D eigenvalue weighted by Crippen LogP contribution is 2.28. The quantitative estimate of drug-likeness (QED) is 0.694. The first-order valence-corrected chi connectivity index (χ1v) is 8.07. The lowest BCUT2D eigenvalue weighted by Crippen LogP contribution is -2.03. The van der Waals surface area contributed by atoms with Gasteiger partial charge >= 0.3 is 0 Å². The largest absolute Gasteiger partial charge is 0.495 e. The zero-order chi connectivity index (χ0) is 17.8. The predicted molar refractivity (Wildman–Crippen MR) is 100 cm³/mol. The Morgan fingerprint density at radius 3 is 2.60 bits per heavy atom. The average Bonchev–Trinajstić information content (AvgIpc) is 2.58. The van der Waals surface area contributed by atoms with Gasteiger partial charge < -0.3 is 15.4 Å². The lowest BCUT2D eigenvalue weighted by Gasteiger charge is -2.11. The molecule has 0 atom stereocenters. The Kier molecular flexibility index (Phi) is 5.00. The Balaban J connectivity index is 1.78. The van der Waals surface area contributed by atoms with Crippen molar-refractivity contribution >= 4 is 34.7 Å². The molecule has 0 aliphatic carbocycles. The van der Waals surface area contributed by atoms with Gasteiger partial charge in [-0.3, -0.25) is 0 Å². The molecule has 0 saturated carbocycles. The molecule has 0 saturated heterocycles. The standard InChI is InChI=1S/C18H18ClN5O/c1-11-4-6-15(12(2)8-11)22-17-10-20-24-18(23-17)21-13-5-7-16(25-3)14(19)9-13/h4-10H,1-3H3,(H2,21,22,23,24). The van der Waals surface area contributed by atoms with E-state index >= 15 is 0 Å². The molecule has 128 valence electrons. The van der Waals surface area contributed by atoms with E-state index in [1.165, 1.54) is 5.56 Å². The fourth-order valence-electron chi connectivity index (χ4n) is 2.38. The Morgan fingerprint density at radius 2 is 1.88 bits per heavy atom. The van der Waals surface area contributed by atoms with E-state index in [4.69, 9.17) is 16.3 Å². The number of ether oxygens (including phenoxy) is 1. The molecule has 0 unspecified atom stereocenters. The molecule has 2 N–H and O–H groups in total. The lowest BCUT2D eigenvalue weighted by atomic mass is 10.1. The van der Waals surface area contributed by atoms with Crippen LogP contribution in [0.4, 0.5) is 23.1 Å². The molecule has 3 aromatic rings. The summed E-state index contributed by atoms with van der Waals surface area (Å²) in [5.41, 5.74) is 4.07. The number of rotatable bonds is 5. The normalized spacial score (nSPS) is 10.4. The second-order valence-electron chi connectivity index (χ2n) is 5.58. The van der Waals surface area contributed by atoms with Crippen LogP contribution in [0.25, 0.3) is 0 Å². The number of hydrogen-bond acceptors (Lipinski definition) is 6. The van der Waals surface area contributed by atoms with Gasteiger partial charge in [0.25, 0.3) is 0 Å².